The van der Waals surface area contributed by atoms with Crippen molar-refractivity contribution in [3.63, 3.8) is 0 Å². The second-order valence-electron chi connectivity index (χ2n) is 10.8. The maximum atomic E-state index is 13.9. The Morgan fingerprint density at radius 1 is 1.18 bits per heavy atom. The van der Waals surface area contributed by atoms with Crippen LogP contribution in [0.5, 0.6) is 0 Å². The van der Waals surface area contributed by atoms with Gasteiger partial charge in [0, 0.05) is 58.3 Å². The lowest BCUT2D eigenvalue weighted by Crippen LogP contribution is -2.26. The van der Waals surface area contributed by atoms with Gasteiger partial charge in [0.05, 0.1) is 36.1 Å². The number of allylic oxidation sites excluding steroid dienone is 1. The van der Waals surface area contributed by atoms with Crippen LogP contribution >= 0.6 is 11.8 Å². The second kappa shape index (κ2) is 21.7. The van der Waals surface area contributed by atoms with Gasteiger partial charge >= 0.3 is 5.97 Å². The van der Waals surface area contributed by atoms with E-state index in [9.17, 15) is 23.2 Å². The molecule has 5 rings (SSSR count). The number of aromatic nitrogens is 5. The number of carbonyl (C=O) groups is 3. The van der Waals surface area contributed by atoms with Crippen LogP contribution in [0.15, 0.2) is 41.8 Å². The third-order valence-electron chi connectivity index (χ3n) is 7.06. The van der Waals surface area contributed by atoms with Crippen LogP contribution in [-0.4, -0.2) is 94.1 Å². The molecule has 1 fully saturated rings. The van der Waals surface area contributed by atoms with E-state index in [0.29, 0.717) is 29.4 Å². The van der Waals surface area contributed by atoms with E-state index in [4.69, 9.17) is 15.6 Å². The molecule has 1 aliphatic carbocycles. The van der Waals surface area contributed by atoms with Crippen molar-refractivity contribution in [3.8, 4) is 11.4 Å². The molecule has 14 nitrogen and oxygen atoms in total. The summed E-state index contributed by atoms with van der Waals surface area (Å²) in [4.78, 5) is 38.1. The summed E-state index contributed by atoms with van der Waals surface area (Å²) in [7, 11) is 6.81. The number of hydrogen-bond donors (Lipinski definition) is 3. The Hall–Kier alpha value is -4.19. The number of nitrogens with one attached hydrogen (secondary N) is 1. The minimum Gasteiger partial charge on any atom is -0.442 e. The van der Waals surface area contributed by atoms with Crippen molar-refractivity contribution in [3.05, 3.63) is 59.2 Å². The molecule has 2 unspecified atom stereocenters. The number of pyridine rings is 1. The predicted molar refractivity (Wildman–Crippen MR) is 182 cm³/mol. The number of rotatable bonds is 10. The first-order valence-electron chi connectivity index (χ1n) is 15.6. The quantitative estimate of drug-likeness (QED) is 0.156. The molecule has 4 heterocycles. The lowest BCUT2D eigenvalue weighted by atomic mass is 9.96. The van der Waals surface area contributed by atoms with Gasteiger partial charge in [0.1, 0.15) is 23.0 Å². The number of nitrogens with two attached hydrogens (primary N) is 1. The SMILES string of the molecule is CCO.CN1C(C=O)=CSC1c1cnn(COC(=O)CC(N)C=O)c1.CNc1cn(C2CCCCC2)nc1-c1nc(F)ccc1F.COC. The molecule has 0 radical (unpaired) electrons. The van der Waals surface area contributed by atoms with Crippen molar-refractivity contribution in [1.29, 1.82) is 0 Å². The first-order chi connectivity index (χ1) is 23.6. The van der Waals surface area contributed by atoms with Gasteiger partial charge in [0.15, 0.2) is 18.8 Å². The summed E-state index contributed by atoms with van der Waals surface area (Å²) in [5.74, 6) is -1.84. The topological polar surface area (TPSA) is 180 Å². The van der Waals surface area contributed by atoms with Gasteiger partial charge in [-0.25, -0.2) is 14.1 Å². The Balaban J connectivity index is 0.000000293. The fourth-order valence-corrected chi connectivity index (χ4v) is 5.81. The summed E-state index contributed by atoms with van der Waals surface area (Å²) in [5.41, 5.74) is 7.81. The van der Waals surface area contributed by atoms with Crippen molar-refractivity contribution in [1.82, 2.24) is 29.4 Å². The molecule has 1 aliphatic heterocycles. The van der Waals surface area contributed by atoms with Crippen LogP contribution < -0.4 is 11.1 Å². The number of hydrogen-bond acceptors (Lipinski definition) is 13. The number of anilines is 1. The summed E-state index contributed by atoms with van der Waals surface area (Å²) >= 11 is 1.50. The Morgan fingerprint density at radius 3 is 2.45 bits per heavy atom. The van der Waals surface area contributed by atoms with Crippen LogP contribution in [0.3, 0.4) is 0 Å². The highest BCUT2D eigenvalue weighted by Gasteiger charge is 2.26. The van der Waals surface area contributed by atoms with E-state index in [1.807, 2.05) is 22.8 Å². The zero-order valence-electron chi connectivity index (χ0n) is 28.4. The molecule has 4 N–H and O–H groups in total. The molecule has 270 valence electrons. The fraction of sp³-hybridized carbons (Fsp3) is 0.500. The molecule has 1 saturated carbocycles. The largest absolute Gasteiger partial charge is 0.442 e. The van der Waals surface area contributed by atoms with E-state index < -0.39 is 23.8 Å². The Bertz CT molecular complexity index is 1500. The van der Waals surface area contributed by atoms with E-state index in [-0.39, 0.29) is 30.8 Å². The summed E-state index contributed by atoms with van der Waals surface area (Å²) in [5, 5.41) is 20.9. The van der Waals surface area contributed by atoms with E-state index in [1.54, 1.807) is 46.0 Å². The normalized spacial score (nSPS) is 16.1. The monoisotopic (exact) mass is 708 g/mol. The van der Waals surface area contributed by atoms with Crippen LogP contribution in [0.2, 0.25) is 0 Å². The van der Waals surface area contributed by atoms with Gasteiger partial charge in [0.25, 0.3) is 0 Å². The Kier molecular flexibility index (Phi) is 18.2. The lowest BCUT2D eigenvalue weighted by Gasteiger charge is -2.21. The van der Waals surface area contributed by atoms with Crippen molar-refractivity contribution < 1.29 is 37.7 Å². The second-order valence-corrected chi connectivity index (χ2v) is 11.8. The number of halogens is 2. The highest BCUT2D eigenvalue weighted by Crippen LogP contribution is 2.40. The molecule has 0 amide bonds. The number of aliphatic hydroxyl groups is 1. The van der Waals surface area contributed by atoms with Crippen LogP contribution in [-0.2, 0) is 30.6 Å². The number of aliphatic hydroxyl groups excluding tert-OH is 1. The summed E-state index contributed by atoms with van der Waals surface area (Å²) in [6.45, 7) is 1.87. The van der Waals surface area contributed by atoms with E-state index >= 15 is 0 Å². The third-order valence-corrected chi connectivity index (χ3v) is 8.28. The Labute approximate surface area is 289 Å². The van der Waals surface area contributed by atoms with E-state index in [0.717, 1.165) is 36.8 Å². The molecule has 0 saturated heterocycles. The van der Waals surface area contributed by atoms with Gasteiger partial charge < -0.3 is 35.3 Å². The smallest absolute Gasteiger partial charge is 0.309 e. The number of ether oxygens (including phenoxy) is 2. The van der Waals surface area contributed by atoms with Gasteiger partial charge in [-0.05, 0) is 31.9 Å². The van der Waals surface area contributed by atoms with Gasteiger partial charge in [-0.1, -0.05) is 19.3 Å². The number of nitrogens with zero attached hydrogens (tertiary/aromatic N) is 6. The van der Waals surface area contributed by atoms with Crippen LogP contribution in [0, 0.1) is 11.8 Å². The predicted octanol–water partition coefficient (Wildman–Crippen LogP) is 4.05. The number of thioether (sulfide) groups is 1. The number of aldehydes is 2. The zero-order valence-corrected chi connectivity index (χ0v) is 29.2. The van der Waals surface area contributed by atoms with E-state index in [2.05, 4.69) is 25.2 Å². The molecule has 0 bridgehead atoms. The molecule has 2 aliphatic rings. The average molecular weight is 709 g/mol. The number of carbonyl (C=O) groups excluding carboxylic acids is 3. The molecule has 0 aromatic carbocycles. The summed E-state index contributed by atoms with van der Waals surface area (Å²) in [6, 6.07) is 1.57. The number of methoxy groups -OCH3 is 1. The lowest BCUT2D eigenvalue weighted by molar-refractivity contribution is -0.148. The van der Waals surface area contributed by atoms with E-state index in [1.165, 1.54) is 35.7 Å². The maximum absolute atomic E-state index is 13.9. The van der Waals surface area contributed by atoms with Crippen LogP contribution in [0.4, 0.5) is 14.5 Å². The Morgan fingerprint density at radius 2 is 1.86 bits per heavy atom. The average Bonchev–Trinajstić information content (AvgIpc) is 3.84. The van der Waals surface area contributed by atoms with Gasteiger partial charge in [-0.2, -0.15) is 14.6 Å². The van der Waals surface area contributed by atoms with Gasteiger partial charge in [-0.15, -0.1) is 11.8 Å². The fourth-order valence-electron chi connectivity index (χ4n) is 4.74. The molecule has 3 aromatic rings. The van der Waals surface area contributed by atoms with Crippen molar-refractivity contribution in [2.75, 3.05) is 40.2 Å². The van der Waals surface area contributed by atoms with Crippen LogP contribution in [0.1, 0.15) is 62.4 Å². The highest BCUT2D eigenvalue weighted by molar-refractivity contribution is 8.02. The molecular weight excluding hydrogens is 662 g/mol. The summed E-state index contributed by atoms with van der Waals surface area (Å²) in [6.07, 6.45) is 12.2. The molecule has 3 aromatic heterocycles. The molecule has 49 heavy (non-hydrogen) atoms. The van der Waals surface area contributed by atoms with Crippen LogP contribution in [0.25, 0.3) is 11.4 Å². The standard InChI is InChI=1S/C15H18F2N4.C13H16N4O4S.2C2H6O/c1-18-12-9-21(10-5-3-2-4-6-10)20-15(12)14-11(16)7-8-13(17)19-14;1-16-11(6-19)7-22-13(16)9-3-15-17(4-9)8-21-12(20)2-10(14)5-18;1-3-2;1-2-3/h7-10,18H,2-6H2,1H3;3-7,10,13H,2,8,14H2,1H3;1-2H3;3H,2H2,1H3. The van der Waals surface area contributed by atoms with Crippen molar-refractivity contribution in [2.24, 2.45) is 5.73 Å². The molecule has 17 heteroatoms. The summed E-state index contributed by atoms with van der Waals surface area (Å²) < 4.78 is 39.8. The van der Waals surface area contributed by atoms with Crippen molar-refractivity contribution in [2.45, 2.75) is 69.6 Å². The van der Waals surface area contributed by atoms with Crippen molar-refractivity contribution >= 4 is 36.0 Å². The molecule has 0 spiro atoms. The minimum atomic E-state index is -0.850. The first-order valence-corrected chi connectivity index (χ1v) is 16.5. The highest BCUT2D eigenvalue weighted by atomic mass is 32.2. The number of esters is 1. The van der Waals surface area contributed by atoms with Gasteiger partial charge in [-0.3, -0.25) is 14.3 Å². The minimum absolute atomic E-state index is 0.0341. The molecular formula is C32H46F2N8O6S. The first kappa shape index (κ1) is 41.0. The molecule has 2 atom stereocenters. The number of likely N-dealkylation sites (N-methyl/N-ethyl adjacent to an activating group) is 1. The maximum Gasteiger partial charge on any atom is 0.309 e. The zero-order chi connectivity index (χ0) is 36.3. The third kappa shape index (κ3) is 12.6. The van der Waals surface area contributed by atoms with Gasteiger partial charge in [0.2, 0.25) is 5.95 Å².